The van der Waals surface area contributed by atoms with Crippen molar-refractivity contribution in [3.05, 3.63) is 47.8 Å². The Labute approximate surface area is 86.0 Å². The van der Waals surface area contributed by atoms with Gasteiger partial charge < -0.3 is 5.11 Å². The van der Waals surface area contributed by atoms with Crippen LogP contribution in [0.3, 0.4) is 0 Å². The van der Waals surface area contributed by atoms with Crippen molar-refractivity contribution >= 4 is 16.7 Å². The van der Waals surface area contributed by atoms with E-state index in [1.807, 2.05) is 0 Å². The molecule has 1 N–H and O–H groups in total. The highest BCUT2D eigenvalue weighted by atomic mass is 19.1. The molecule has 0 aliphatic rings. The first-order valence-electron chi connectivity index (χ1n) is 4.56. The van der Waals surface area contributed by atoms with Crippen LogP contribution >= 0.6 is 0 Å². The van der Waals surface area contributed by atoms with Gasteiger partial charge in [0.25, 0.3) is 0 Å². The van der Waals surface area contributed by atoms with E-state index in [0.29, 0.717) is 16.3 Å². The molecule has 3 heteroatoms. The van der Waals surface area contributed by atoms with Gasteiger partial charge in [-0.1, -0.05) is 30.3 Å². The zero-order chi connectivity index (χ0) is 10.8. The number of carbonyl (C=O) groups is 1. The highest BCUT2D eigenvalue weighted by Gasteiger charge is 2.07. The maximum absolute atomic E-state index is 13.4. The molecule has 0 spiro atoms. The summed E-state index contributed by atoms with van der Waals surface area (Å²) >= 11 is 0. The lowest BCUT2D eigenvalue weighted by Crippen LogP contribution is -2.00. The SMILES string of the molecule is O=C(O)Cc1cccc2c(F)cccc12. The highest BCUT2D eigenvalue weighted by molar-refractivity contribution is 5.89. The number of aliphatic carboxylic acids is 1. The Morgan fingerprint density at radius 1 is 1.13 bits per heavy atom. The fourth-order valence-electron chi connectivity index (χ4n) is 1.65. The first kappa shape index (κ1) is 9.65. The monoisotopic (exact) mass is 204 g/mol. The minimum atomic E-state index is -0.910. The van der Waals surface area contributed by atoms with Crippen molar-refractivity contribution in [1.29, 1.82) is 0 Å². The molecular formula is C12H9FO2. The van der Waals surface area contributed by atoms with E-state index in [0.717, 1.165) is 0 Å². The summed E-state index contributed by atoms with van der Waals surface area (Å²) in [6.07, 6.45) is -0.0825. The molecule has 0 aliphatic heterocycles. The standard InChI is InChI=1S/C12H9FO2/c13-11-6-2-4-9-8(7-12(14)15)3-1-5-10(9)11/h1-6H,7H2,(H,14,15). The normalized spacial score (nSPS) is 10.5. The largest absolute Gasteiger partial charge is 0.481 e. The fraction of sp³-hybridized carbons (Fsp3) is 0.0833. The van der Waals surface area contributed by atoms with Gasteiger partial charge in [0.2, 0.25) is 0 Å². The van der Waals surface area contributed by atoms with Crippen LogP contribution in [0.5, 0.6) is 0 Å². The van der Waals surface area contributed by atoms with Gasteiger partial charge in [0.1, 0.15) is 5.82 Å². The molecule has 0 aromatic heterocycles. The van der Waals surface area contributed by atoms with Crippen molar-refractivity contribution in [2.45, 2.75) is 6.42 Å². The van der Waals surface area contributed by atoms with Crippen molar-refractivity contribution in [3.8, 4) is 0 Å². The summed E-state index contributed by atoms with van der Waals surface area (Å²) in [6.45, 7) is 0. The van der Waals surface area contributed by atoms with Crippen molar-refractivity contribution in [2.24, 2.45) is 0 Å². The number of carboxylic acid groups (broad SMARTS) is 1. The second kappa shape index (κ2) is 3.69. The van der Waals surface area contributed by atoms with Crippen molar-refractivity contribution in [3.63, 3.8) is 0 Å². The number of benzene rings is 2. The summed E-state index contributed by atoms with van der Waals surface area (Å²) in [4.78, 5) is 10.6. The lowest BCUT2D eigenvalue weighted by molar-refractivity contribution is -0.136. The smallest absolute Gasteiger partial charge is 0.307 e. The van der Waals surface area contributed by atoms with Crippen LogP contribution in [0, 0.1) is 5.82 Å². The van der Waals surface area contributed by atoms with Crippen molar-refractivity contribution < 1.29 is 14.3 Å². The summed E-state index contributed by atoms with van der Waals surface area (Å²) in [6, 6.07) is 9.71. The van der Waals surface area contributed by atoms with Gasteiger partial charge in [0.05, 0.1) is 6.42 Å². The van der Waals surface area contributed by atoms with Crippen LogP contribution < -0.4 is 0 Å². The third kappa shape index (κ3) is 1.81. The van der Waals surface area contributed by atoms with Gasteiger partial charge in [0, 0.05) is 5.39 Å². The molecule has 2 rings (SSSR count). The Hall–Kier alpha value is -1.90. The van der Waals surface area contributed by atoms with Crippen LogP contribution in [0.2, 0.25) is 0 Å². The van der Waals surface area contributed by atoms with E-state index in [1.165, 1.54) is 6.07 Å². The second-order valence-electron chi connectivity index (χ2n) is 3.32. The van der Waals surface area contributed by atoms with Gasteiger partial charge in [-0.15, -0.1) is 0 Å². The number of hydrogen-bond acceptors (Lipinski definition) is 1. The van der Waals surface area contributed by atoms with Gasteiger partial charge in [-0.3, -0.25) is 4.79 Å². The van der Waals surface area contributed by atoms with E-state index in [1.54, 1.807) is 30.3 Å². The fourth-order valence-corrected chi connectivity index (χ4v) is 1.65. The Kier molecular flexibility index (Phi) is 2.37. The van der Waals surface area contributed by atoms with Crippen molar-refractivity contribution in [2.75, 3.05) is 0 Å². The molecular weight excluding hydrogens is 195 g/mol. The number of halogens is 1. The van der Waals surface area contributed by atoms with Gasteiger partial charge in [-0.05, 0) is 17.0 Å². The lowest BCUT2D eigenvalue weighted by atomic mass is 10.0. The number of rotatable bonds is 2. The van der Waals surface area contributed by atoms with Crippen LogP contribution in [0.15, 0.2) is 36.4 Å². The Balaban J connectivity index is 2.65. The molecule has 0 unspecified atom stereocenters. The average Bonchev–Trinajstić information content (AvgIpc) is 2.19. The molecule has 2 aromatic rings. The zero-order valence-electron chi connectivity index (χ0n) is 7.90. The maximum Gasteiger partial charge on any atom is 0.307 e. The van der Waals surface area contributed by atoms with Crippen LogP contribution in [-0.4, -0.2) is 11.1 Å². The molecule has 0 amide bonds. The molecule has 0 aliphatic carbocycles. The topological polar surface area (TPSA) is 37.3 Å². The van der Waals surface area contributed by atoms with E-state index in [4.69, 9.17) is 5.11 Å². The minimum Gasteiger partial charge on any atom is -0.481 e. The summed E-state index contributed by atoms with van der Waals surface area (Å²) in [5.41, 5.74) is 0.638. The second-order valence-corrected chi connectivity index (χ2v) is 3.32. The predicted molar refractivity (Wildman–Crippen MR) is 55.2 cm³/mol. The maximum atomic E-state index is 13.4. The third-order valence-corrected chi connectivity index (χ3v) is 2.30. The van der Waals surface area contributed by atoms with E-state index < -0.39 is 5.97 Å². The molecule has 0 atom stereocenters. The third-order valence-electron chi connectivity index (χ3n) is 2.30. The number of fused-ring (bicyclic) bond motifs is 1. The molecule has 0 saturated carbocycles. The molecule has 0 heterocycles. The van der Waals surface area contributed by atoms with Gasteiger partial charge in [-0.2, -0.15) is 0 Å². The molecule has 0 radical (unpaired) electrons. The number of hydrogen-bond donors (Lipinski definition) is 1. The first-order valence-corrected chi connectivity index (χ1v) is 4.56. The predicted octanol–water partition coefficient (Wildman–Crippen LogP) is 2.61. The summed E-state index contributed by atoms with van der Waals surface area (Å²) in [5.74, 6) is -1.23. The molecule has 2 nitrogen and oxygen atoms in total. The molecule has 0 bridgehead atoms. The summed E-state index contributed by atoms with van der Waals surface area (Å²) in [7, 11) is 0. The van der Waals surface area contributed by atoms with Gasteiger partial charge >= 0.3 is 5.97 Å². The average molecular weight is 204 g/mol. The molecule has 0 fully saturated rings. The summed E-state index contributed by atoms with van der Waals surface area (Å²) in [5, 5.41) is 9.84. The minimum absolute atomic E-state index is 0.0825. The van der Waals surface area contributed by atoms with Gasteiger partial charge in [-0.25, -0.2) is 4.39 Å². The lowest BCUT2D eigenvalue weighted by Gasteiger charge is -2.04. The molecule has 15 heavy (non-hydrogen) atoms. The van der Waals surface area contributed by atoms with Crippen LogP contribution in [0.25, 0.3) is 10.8 Å². The molecule has 76 valence electrons. The van der Waals surface area contributed by atoms with E-state index in [2.05, 4.69) is 0 Å². The van der Waals surface area contributed by atoms with E-state index >= 15 is 0 Å². The molecule has 2 aromatic carbocycles. The van der Waals surface area contributed by atoms with E-state index in [-0.39, 0.29) is 12.2 Å². The Morgan fingerprint density at radius 2 is 1.80 bits per heavy atom. The highest BCUT2D eigenvalue weighted by Crippen LogP contribution is 2.21. The van der Waals surface area contributed by atoms with Crippen LogP contribution in [-0.2, 0) is 11.2 Å². The van der Waals surface area contributed by atoms with Crippen LogP contribution in [0.1, 0.15) is 5.56 Å². The molecule has 0 saturated heterocycles. The van der Waals surface area contributed by atoms with Crippen molar-refractivity contribution in [1.82, 2.24) is 0 Å². The quantitative estimate of drug-likeness (QED) is 0.816. The summed E-state index contributed by atoms with van der Waals surface area (Å²) < 4.78 is 13.4. The Morgan fingerprint density at radius 3 is 2.53 bits per heavy atom. The van der Waals surface area contributed by atoms with E-state index in [9.17, 15) is 9.18 Å². The Bertz CT molecular complexity index is 520. The zero-order valence-corrected chi connectivity index (χ0v) is 7.90. The first-order chi connectivity index (χ1) is 7.18. The number of carboxylic acids is 1. The van der Waals surface area contributed by atoms with Crippen LogP contribution in [0.4, 0.5) is 4.39 Å². The van der Waals surface area contributed by atoms with Gasteiger partial charge in [0.15, 0.2) is 0 Å².